The molecular formula is C25H22Cl2F3N5O3. The van der Waals surface area contributed by atoms with Gasteiger partial charge in [-0.05, 0) is 43.1 Å². The van der Waals surface area contributed by atoms with E-state index in [0.717, 1.165) is 0 Å². The lowest BCUT2D eigenvalue weighted by molar-refractivity contribution is -0.140. The molecule has 1 atom stereocenters. The lowest BCUT2D eigenvalue weighted by Gasteiger charge is -2.14. The van der Waals surface area contributed by atoms with Gasteiger partial charge in [0.05, 0.1) is 21.2 Å². The number of halogens is 5. The van der Waals surface area contributed by atoms with E-state index in [4.69, 9.17) is 39.4 Å². The van der Waals surface area contributed by atoms with Crippen LogP contribution in [0.3, 0.4) is 0 Å². The van der Waals surface area contributed by atoms with Gasteiger partial charge < -0.3 is 21.2 Å². The zero-order chi connectivity index (χ0) is 27.6. The van der Waals surface area contributed by atoms with Crippen molar-refractivity contribution in [3.8, 4) is 28.0 Å². The van der Waals surface area contributed by atoms with Crippen molar-refractivity contribution in [2.24, 2.45) is 11.5 Å². The first kappa shape index (κ1) is 27.6. The highest BCUT2D eigenvalue weighted by Gasteiger charge is 2.39. The summed E-state index contributed by atoms with van der Waals surface area (Å²) in [6.45, 7) is 0.464. The molecule has 2 aromatic heterocycles. The number of unbranched alkanes of at least 4 members (excludes halogenated alkanes) is 1. The van der Waals surface area contributed by atoms with Crippen LogP contribution in [0, 0.1) is 0 Å². The Labute approximate surface area is 224 Å². The number of rotatable bonds is 8. The van der Waals surface area contributed by atoms with Gasteiger partial charge in [-0.2, -0.15) is 22.8 Å². The van der Waals surface area contributed by atoms with Gasteiger partial charge in [-0.1, -0.05) is 53.9 Å². The van der Waals surface area contributed by atoms with Crippen LogP contribution in [-0.4, -0.2) is 33.2 Å². The number of aromatic amines is 1. The second kappa shape index (κ2) is 11.2. The molecule has 0 saturated carbocycles. The number of benzene rings is 2. The van der Waals surface area contributed by atoms with Gasteiger partial charge in [-0.3, -0.25) is 4.79 Å². The Morgan fingerprint density at radius 3 is 2.53 bits per heavy atom. The summed E-state index contributed by atoms with van der Waals surface area (Å²) in [6.07, 6.45) is -1.97. The number of ether oxygens (including phenoxy) is 1. The molecule has 0 amide bonds. The molecule has 0 aliphatic rings. The van der Waals surface area contributed by atoms with Crippen molar-refractivity contribution in [3.05, 3.63) is 74.8 Å². The average molecular weight is 568 g/mol. The minimum atomic E-state index is -4.89. The Bertz CT molecular complexity index is 1550. The summed E-state index contributed by atoms with van der Waals surface area (Å²) in [7, 11) is 0. The van der Waals surface area contributed by atoms with Crippen molar-refractivity contribution in [1.29, 1.82) is 0 Å². The fourth-order valence-electron chi connectivity index (χ4n) is 3.92. The van der Waals surface area contributed by atoms with Crippen LogP contribution in [-0.2, 0) is 11.0 Å². The third-order valence-corrected chi connectivity index (χ3v) is 6.54. The average Bonchev–Trinajstić information content (AvgIpc) is 3.28. The third kappa shape index (κ3) is 5.56. The summed E-state index contributed by atoms with van der Waals surface area (Å²) in [4.78, 5) is 28.7. The number of nitrogens with one attached hydrogen (secondary N) is 1. The predicted molar refractivity (Wildman–Crippen MR) is 138 cm³/mol. The van der Waals surface area contributed by atoms with Gasteiger partial charge in [0.25, 0.3) is 5.56 Å². The highest BCUT2D eigenvalue weighted by Crippen LogP contribution is 2.40. The maximum Gasteiger partial charge on any atom is 0.435 e. The molecule has 0 aliphatic heterocycles. The summed E-state index contributed by atoms with van der Waals surface area (Å²) in [5.74, 6) is -0.697. The number of alkyl halides is 3. The summed E-state index contributed by atoms with van der Waals surface area (Å²) in [6, 6.07) is 9.15. The smallest absolute Gasteiger partial charge is 0.425 e. The van der Waals surface area contributed by atoms with Gasteiger partial charge in [0, 0.05) is 11.8 Å². The summed E-state index contributed by atoms with van der Waals surface area (Å²) >= 11 is 12.0. The number of fused-ring (bicyclic) bond motifs is 1. The van der Waals surface area contributed by atoms with Crippen LogP contribution in [0.15, 0.2) is 53.5 Å². The lowest BCUT2D eigenvalue weighted by atomic mass is 10.0. The number of hydrogen-bond donors (Lipinski definition) is 3. The molecule has 0 fully saturated rings. The highest BCUT2D eigenvalue weighted by atomic mass is 35.5. The van der Waals surface area contributed by atoms with Crippen LogP contribution < -0.4 is 21.8 Å². The lowest BCUT2D eigenvalue weighted by Crippen LogP contribution is -2.34. The number of nitrogens with zero attached hydrogens (tertiary/aromatic N) is 2. The number of nitrogens with two attached hydrogens (primary N) is 2. The third-order valence-electron chi connectivity index (χ3n) is 5.80. The quantitative estimate of drug-likeness (QED) is 0.155. The maximum absolute atomic E-state index is 14.0. The van der Waals surface area contributed by atoms with Crippen LogP contribution in [0.5, 0.6) is 5.75 Å². The molecule has 2 heterocycles. The summed E-state index contributed by atoms with van der Waals surface area (Å²) in [5.41, 5.74) is 8.79. The minimum Gasteiger partial charge on any atom is -0.425 e. The van der Waals surface area contributed by atoms with E-state index in [1.54, 1.807) is 12.1 Å². The normalized spacial score (nSPS) is 12.6. The van der Waals surface area contributed by atoms with Gasteiger partial charge >= 0.3 is 12.1 Å². The van der Waals surface area contributed by atoms with Gasteiger partial charge in [0.2, 0.25) is 0 Å². The zero-order valence-electron chi connectivity index (χ0n) is 19.7. The molecule has 0 unspecified atom stereocenters. The van der Waals surface area contributed by atoms with Crippen molar-refractivity contribution in [2.75, 3.05) is 6.54 Å². The van der Waals surface area contributed by atoms with Crippen molar-refractivity contribution >= 4 is 34.8 Å². The summed E-state index contributed by atoms with van der Waals surface area (Å²) < 4.78 is 48.0. The monoisotopic (exact) mass is 567 g/mol. The molecule has 8 nitrogen and oxygen atoms in total. The first-order valence-electron chi connectivity index (χ1n) is 11.5. The van der Waals surface area contributed by atoms with Crippen molar-refractivity contribution in [1.82, 2.24) is 14.6 Å². The largest absolute Gasteiger partial charge is 0.435 e. The van der Waals surface area contributed by atoms with Gasteiger partial charge in [-0.15, -0.1) is 0 Å². The molecule has 0 radical (unpaired) electrons. The molecular weight excluding hydrogens is 546 g/mol. The SMILES string of the molecule is NCCCC[C@@H](N)C(=O)Oc1ccccc1-c1c[nH]c2c(-c3ccc(Cl)c(Cl)c3)c(C(F)(F)F)nn2c1=O. The van der Waals surface area contributed by atoms with Gasteiger partial charge in [0.1, 0.15) is 17.4 Å². The number of esters is 1. The molecule has 0 bridgehead atoms. The van der Waals surface area contributed by atoms with Crippen molar-refractivity contribution < 1.29 is 22.7 Å². The minimum absolute atomic E-state index is 0.0181. The zero-order valence-corrected chi connectivity index (χ0v) is 21.2. The first-order chi connectivity index (χ1) is 18.0. The van der Waals surface area contributed by atoms with Crippen LogP contribution in [0.2, 0.25) is 10.0 Å². The standard InChI is InChI=1S/C25H22Cl2F3N5O3/c26-16-9-8-13(11-17(16)27)20-21(25(28,29)30)34-35-22(20)33-12-15(23(35)36)14-5-1-2-7-19(14)38-24(37)18(32)6-3-4-10-31/h1-2,5,7-9,11-12,18,33H,3-4,6,10,31-32H2/t18-/m1/s1. The molecule has 0 spiro atoms. The fourth-order valence-corrected chi connectivity index (χ4v) is 4.22. The molecule has 0 aliphatic carbocycles. The van der Waals surface area contributed by atoms with Crippen LogP contribution in [0.1, 0.15) is 25.0 Å². The number of para-hydroxylation sites is 1. The van der Waals surface area contributed by atoms with Crippen LogP contribution in [0.4, 0.5) is 13.2 Å². The highest BCUT2D eigenvalue weighted by molar-refractivity contribution is 6.42. The fraction of sp³-hybridized carbons (Fsp3) is 0.240. The van der Waals surface area contributed by atoms with Gasteiger partial charge in [-0.25, -0.2) is 4.79 Å². The first-order valence-corrected chi connectivity index (χ1v) is 12.2. The van der Waals surface area contributed by atoms with E-state index >= 15 is 0 Å². The Hall–Kier alpha value is -3.38. The Kier molecular flexibility index (Phi) is 8.12. The molecule has 4 aromatic rings. The second-order valence-corrected chi connectivity index (χ2v) is 9.24. The summed E-state index contributed by atoms with van der Waals surface area (Å²) in [5, 5.41) is 3.78. The number of aromatic nitrogens is 3. The van der Waals surface area contributed by atoms with E-state index < -0.39 is 29.4 Å². The van der Waals surface area contributed by atoms with Crippen LogP contribution in [0.25, 0.3) is 27.9 Å². The predicted octanol–water partition coefficient (Wildman–Crippen LogP) is 5.04. The number of carbonyl (C=O) groups is 1. The molecule has 4 rings (SSSR count). The molecule has 5 N–H and O–H groups in total. The molecule has 38 heavy (non-hydrogen) atoms. The van der Waals surface area contributed by atoms with E-state index in [0.29, 0.717) is 30.3 Å². The topological polar surface area (TPSA) is 128 Å². The Morgan fingerprint density at radius 2 is 1.84 bits per heavy atom. The van der Waals surface area contributed by atoms with E-state index in [-0.39, 0.29) is 43.7 Å². The second-order valence-electron chi connectivity index (χ2n) is 8.43. The number of carbonyl (C=O) groups excluding carboxylic acids is 1. The Morgan fingerprint density at radius 1 is 1.11 bits per heavy atom. The van der Waals surface area contributed by atoms with Crippen molar-refractivity contribution in [3.63, 3.8) is 0 Å². The maximum atomic E-state index is 14.0. The molecule has 200 valence electrons. The van der Waals surface area contributed by atoms with E-state index in [2.05, 4.69) is 10.1 Å². The Balaban J connectivity index is 1.80. The van der Waals surface area contributed by atoms with E-state index in [9.17, 15) is 22.8 Å². The molecule has 13 heteroatoms. The molecule has 2 aromatic carbocycles. The van der Waals surface area contributed by atoms with E-state index in [1.165, 1.54) is 36.5 Å². The van der Waals surface area contributed by atoms with E-state index in [1.807, 2.05) is 0 Å². The van der Waals surface area contributed by atoms with Crippen LogP contribution >= 0.6 is 23.2 Å². The van der Waals surface area contributed by atoms with Crippen molar-refractivity contribution in [2.45, 2.75) is 31.5 Å². The molecule has 0 saturated heterocycles. The number of hydrogen-bond acceptors (Lipinski definition) is 6. The van der Waals surface area contributed by atoms with Gasteiger partial charge in [0.15, 0.2) is 5.69 Å². The number of H-pyrrole nitrogens is 1.